The second-order valence-corrected chi connectivity index (χ2v) is 26.9. The van der Waals surface area contributed by atoms with Crippen molar-refractivity contribution in [2.24, 2.45) is 43.6 Å². The number of nitrogens with two attached hydrogens (primary N) is 1. The molecule has 0 bridgehead atoms. The summed E-state index contributed by atoms with van der Waals surface area (Å²) < 4.78 is 9.95. The number of halogens is 1. The molecule has 2 rings (SSSR count). The van der Waals surface area contributed by atoms with Gasteiger partial charge in [-0.05, 0) is 84.8 Å². The van der Waals surface area contributed by atoms with Gasteiger partial charge in [0.15, 0.2) is 17.3 Å². The van der Waals surface area contributed by atoms with E-state index in [9.17, 15) is 24.0 Å². The van der Waals surface area contributed by atoms with Crippen LogP contribution in [0.3, 0.4) is 0 Å². The molecule has 1 unspecified atom stereocenters. The fourth-order valence-corrected chi connectivity index (χ4v) is 3.91. The zero-order chi connectivity index (χ0) is 64.0. The van der Waals surface area contributed by atoms with Crippen molar-refractivity contribution in [2.75, 3.05) is 27.4 Å². The van der Waals surface area contributed by atoms with Crippen molar-refractivity contribution in [3.63, 3.8) is 0 Å². The Kier molecular flexibility index (Phi) is 49.4. The van der Waals surface area contributed by atoms with Crippen molar-refractivity contribution in [3.05, 3.63) is 115 Å². The highest BCUT2D eigenvalue weighted by molar-refractivity contribution is 6.29. The molecule has 1 heterocycles. The SMILES string of the molecule is C/C=C/C(=O)C(C)(C)C.C=C(C)C(=O)C(C)(C)C.C=C(C)C(=O)OCCCC(=O)C(C)(C)C.C=C(Cl)C(C)(C)C.C=CC(=O)C(C)(C)C.C=CC(C)(C)C.C=Cc1ccc(C(C)(C)C)cc1.CC(C)(C)C1CO1.CN.CO. The number of allylic oxidation sites excluding steroid dienone is 6. The first kappa shape index (κ1) is 89.3. The fraction of sp³-hybridized carbons (Fsp3) is 0.627. The zero-order valence-electron chi connectivity index (χ0n) is 55.1. The molecule has 1 aromatic rings. The molecule has 77 heavy (non-hydrogen) atoms. The summed E-state index contributed by atoms with van der Waals surface area (Å²) >= 11 is 5.56. The van der Waals surface area contributed by atoms with E-state index in [-0.39, 0.29) is 62.2 Å². The summed E-state index contributed by atoms with van der Waals surface area (Å²) in [7, 11) is 2.50. The van der Waals surface area contributed by atoms with Gasteiger partial charge in [0.05, 0.1) is 19.3 Å². The molecule has 0 spiro atoms. The average Bonchev–Trinajstić information content (AvgIpc) is 4.15. The monoisotopic (exact) mass is 1100 g/mol. The molecule has 1 atom stereocenters. The van der Waals surface area contributed by atoms with Crippen molar-refractivity contribution in [2.45, 2.75) is 211 Å². The van der Waals surface area contributed by atoms with Gasteiger partial charge >= 0.3 is 5.97 Å². The largest absolute Gasteiger partial charge is 0.462 e. The number of Topliss-reactive ketones (excluding diaryl/α,β-unsaturated/α-hetero) is 2. The van der Waals surface area contributed by atoms with Crippen molar-refractivity contribution in [1.29, 1.82) is 0 Å². The van der Waals surface area contributed by atoms with Gasteiger partial charge < -0.3 is 20.3 Å². The van der Waals surface area contributed by atoms with Crippen LogP contribution in [-0.4, -0.2) is 67.7 Å². The number of epoxide rings is 1. The minimum absolute atomic E-state index is 0.0710. The van der Waals surface area contributed by atoms with Gasteiger partial charge in [0.1, 0.15) is 5.78 Å². The number of carbonyl (C=O) groups is 5. The number of benzene rings is 1. The predicted octanol–water partition coefficient (Wildman–Crippen LogP) is 17.9. The number of carbonyl (C=O) groups excluding carboxylic acids is 5. The third kappa shape index (κ3) is 60.8. The summed E-state index contributed by atoms with van der Waals surface area (Å²) in [4.78, 5) is 55.2. The molecular weight excluding hydrogens is 982 g/mol. The second-order valence-electron chi connectivity index (χ2n) is 26.5. The maximum Gasteiger partial charge on any atom is 0.333 e. The Morgan fingerprint density at radius 2 is 1.01 bits per heavy atom. The number of rotatable bonds is 9. The van der Waals surface area contributed by atoms with E-state index in [4.69, 9.17) is 26.2 Å². The van der Waals surface area contributed by atoms with Crippen molar-refractivity contribution in [1.82, 2.24) is 0 Å². The number of esters is 1. The van der Waals surface area contributed by atoms with E-state index in [0.717, 1.165) is 13.7 Å². The summed E-state index contributed by atoms with van der Waals surface area (Å²) in [5.41, 5.74) is 8.07. The molecule has 1 aliphatic heterocycles. The van der Waals surface area contributed by atoms with Gasteiger partial charge in [-0.25, -0.2) is 4.79 Å². The molecule has 0 saturated carbocycles. The van der Waals surface area contributed by atoms with Crippen molar-refractivity contribution in [3.8, 4) is 0 Å². The van der Waals surface area contributed by atoms with Crippen LogP contribution in [0.5, 0.6) is 0 Å². The highest BCUT2D eigenvalue weighted by Gasteiger charge is 2.35. The third-order valence-corrected chi connectivity index (χ3v) is 10.3. The quantitative estimate of drug-likeness (QED) is 0.0809. The van der Waals surface area contributed by atoms with E-state index in [2.05, 4.69) is 132 Å². The molecular formula is C67H120ClNO8. The molecule has 10 heteroatoms. The van der Waals surface area contributed by atoms with Crippen LogP contribution in [-0.2, 0) is 38.9 Å². The smallest absolute Gasteiger partial charge is 0.333 e. The van der Waals surface area contributed by atoms with E-state index in [1.807, 2.05) is 123 Å². The van der Waals surface area contributed by atoms with E-state index >= 15 is 0 Å². The van der Waals surface area contributed by atoms with Gasteiger partial charge in [-0.15, -0.1) is 6.58 Å². The first-order valence-corrected chi connectivity index (χ1v) is 26.9. The van der Waals surface area contributed by atoms with E-state index < -0.39 is 5.97 Å². The van der Waals surface area contributed by atoms with Crippen LogP contribution in [0.2, 0.25) is 0 Å². The van der Waals surface area contributed by atoms with Crippen molar-refractivity contribution >= 4 is 46.8 Å². The number of hydrogen-bond acceptors (Lipinski definition) is 9. The number of ketones is 4. The Morgan fingerprint density at radius 3 is 1.16 bits per heavy atom. The molecule has 448 valence electrons. The summed E-state index contributed by atoms with van der Waals surface area (Å²) in [6.45, 7) is 76.2. The average molecular weight is 1100 g/mol. The van der Waals surface area contributed by atoms with E-state index in [0.29, 0.717) is 46.0 Å². The van der Waals surface area contributed by atoms with Crippen LogP contribution < -0.4 is 5.73 Å². The lowest BCUT2D eigenvalue weighted by Crippen LogP contribution is -2.20. The van der Waals surface area contributed by atoms with E-state index in [1.165, 1.54) is 24.3 Å². The molecule has 1 aromatic carbocycles. The molecule has 9 nitrogen and oxygen atoms in total. The number of ether oxygens (including phenoxy) is 2. The fourth-order valence-electron chi connectivity index (χ4n) is 3.91. The Hall–Kier alpha value is -4.28. The maximum absolute atomic E-state index is 11.5. The van der Waals surface area contributed by atoms with Crippen LogP contribution in [0.4, 0.5) is 0 Å². The molecule has 1 fully saturated rings. The Balaban J connectivity index is -0.000000118. The topological polar surface area (TPSA) is 153 Å². The lowest BCUT2D eigenvalue weighted by molar-refractivity contribution is -0.139. The molecule has 0 amide bonds. The normalized spacial score (nSPS) is 12.6. The van der Waals surface area contributed by atoms with Crippen LogP contribution in [0.25, 0.3) is 6.08 Å². The van der Waals surface area contributed by atoms with Gasteiger partial charge in [0.2, 0.25) is 0 Å². The second kappa shape index (κ2) is 42.6. The zero-order valence-corrected chi connectivity index (χ0v) is 55.9. The van der Waals surface area contributed by atoms with Gasteiger partial charge in [-0.1, -0.05) is 253 Å². The highest BCUT2D eigenvalue weighted by Crippen LogP contribution is 2.31. The first-order valence-electron chi connectivity index (χ1n) is 26.5. The Morgan fingerprint density at radius 1 is 0.649 bits per heavy atom. The van der Waals surface area contributed by atoms with Crippen LogP contribution in [0.1, 0.15) is 211 Å². The Bertz CT molecular complexity index is 1910. The lowest BCUT2D eigenvalue weighted by atomic mass is 9.87. The van der Waals surface area contributed by atoms with Crippen LogP contribution in [0, 0.1) is 37.9 Å². The van der Waals surface area contributed by atoms with Crippen LogP contribution in [0.15, 0.2) is 104 Å². The van der Waals surface area contributed by atoms with Gasteiger partial charge in [0, 0.05) is 45.8 Å². The number of aliphatic hydroxyl groups excluding tert-OH is 1. The summed E-state index contributed by atoms with van der Waals surface area (Å²) in [5.74, 6) is 0.220. The lowest BCUT2D eigenvalue weighted by Gasteiger charge is -2.18. The highest BCUT2D eigenvalue weighted by atomic mass is 35.5. The maximum atomic E-state index is 11.5. The van der Waals surface area contributed by atoms with Gasteiger partial charge in [-0.3, -0.25) is 19.2 Å². The van der Waals surface area contributed by atoms with Gasteiger partial charge in [-0.2, -0.15) is 0 Å². The molecule has 0 radical (unpaired) electrons. The van der Waals surface area contributed by atoms with E-state index in [1.54, 1.807) is 26.0 Å². The summed E-state index contributed by atoms with van der Waals surface area (Å²) in [6.07, 6.45) is 10.1. The third-order valence-electron chi connectivity index (χ3n) is 9.75. The minimum atomic E-state index is -0.391. The predicted molar refractivity (Wildman–Crippen MR) is 339 cm³/mol. The number of hydrogen-bond donors (Lipinski definition) is 2. The molecule has 0 aliphatic carbocycles. The first-order chi connectivity index (χ1) is 34.2. The van der Waals surface area contributed by atoms with Gasteiger partial charge in [0.25, 0.3) is 0 Å². The standard InChI is InChI=1S/C12H20O3.C12H16.2C8H14O.C7H12O.C6H11Cl.C6H12O.C6H12.CH5N.CH4O/c1-9(2)11(14)15-8-6-7-10(13)12(3,4)5;1-5-10-6-8-11(9-7-10)12(2,3)4;1-6(2)7(9)8(3,4)5;1-5-6-7(9)8(2,3)4;1-5-6(8)7(2,3)4;1-5(7)6(2,3)4;1-6(2,3)5-4-7-5;1-5-6(2,3)4;2*1-2/h1,6-8H2,2-5H3;5-9H,1H2,2-4H3;1H2,2-5H3;5-6H,1-4H3;5H,1H2,2-4H3;1H2,2-4H3;5H,4H2,1-3H3;5H,1H2,2-4H3;2H2,1H3;2H,1H3/b;;;6-5+;;;;;;. The summed E-state index contributed by atoms with van der Waals surface area (Å²) in [6, 6.07) is 8.54. The molecule has 1 saturated heterocycles. The number of aliphatic hydroxyl groups is 1. The van der Waals surface area contributed by atoms with Crippen LogP contribution >= 0.6 is 11.6 Å². The molecule has 3 N–H and O–H groups in total. The molecule has 0 aromatic heterocycles. The Labute approximate surface area is 480 Å². The minimum Gasteiger partial charge on any atom is -0.462 e. The summed E-state index contributed by atoms with van der Waals surface area (Å²) in [5, 5.41) is 7.72. The van der Waals surface area contributed by atoms with Crippen molar-refractivity contribution < 1.29 is 38.6 Å². The molecule has 1 aliphatic rings.